The molecule has 1 fully saturated rings. The molecule has 1 aliphatic heterocycles. The fraction of sp³-hybridized carbons (Fsp3) is 0.533. The topological polar surface area (TPSA) is 110 Å². The Kier molecular flexibility index (Phi) is 5.49. The number of rotatable bonds is 4. The molecule has 0 aliphatic carbocycles. The van der Waals surface area contributed by atoms with Gasteiger partial charge in [-0.15, -0.1) is 0 Å². The molecule has 0 bridgehead atoms. The van der Waals surface area contributed by atoms with E-state index >= 15 is 0 Å². The molecule has 0 spiro atoms. The first-order valence-corrected chi connectivity index (χ1v) is 7.07. The van der Waals surface area contributed by atoms with Gasteiger partial charge in [0.1, 0.15) is 24.4 Å². The van der Waals surface area contributed by atoms with E-state index < -0.39 is 37.3 Å². The third kappa shape index (κ3) is 3.45. The first-order valence-electron chi connectivity index (χ1n) is 7.07. The van der Waals surface area contributed by atoms with Crippen molar-refractivity contribution < 1.29 is 30.0 Å². The van der Waals surface area contributed by atoms with Gasteiger partial charge >= 0.3 is 0 Å². The molecule has 7 nitrogen and oxygen atoms in total. The Hall–Kier alpha value is -1.51. The van der Waals surface area contributed by atoms with Crippen LogP contribution in [0, 0.1) is 0 Å². The highest BCUT2D eigenvalue weighted by Gasteiger charge is 2.47. The van der Waals surface area contributed by atoms with Gasteiger partial charge < -0.3 is 30.1 Å². The van der Waals surface area contributed by atoms with Crippen LogP contribution in [-0.2, 0) is 16.1 Å². The van der Waals surface area contributed by atoms with E-state index in [-0.39, 0.29) is 12.5 Å². The van der Waals surface area contributed by atoms with E-state index in [9.17, 15) is 20.1 Å². The molecular weight excluding hydrogens is 290 g/mol. The van der Waals surface area contributed by atoms with Gasteiger partial charge in [-0.05, 0) is 5.56 Å². The van der Waals surface area contributed by atoms with Gasteiger partial charge in [-0.1, -0.05) is 30.3 Å². The fourth-order valence-electron chi connectivity index (χ4n) is 2.63. The van der Waals surface area contributed by atoms with E-state index in [0.717, 1.165) is 5.56 Å². The first-order chi connectivity index (χ1) is 10.5. The predicted octanol–water partition coefficient (Wildman–Crippen LogP) is -1.17. The number of aliphatic hydroxyl groups is 4. The zero-order chi connectivity index (χ0) is 16.3. The van der Waals surface area contributed by atoms with E-state index in [4.69, 9.17) is 9.84 Å². The Morgan fingerprint density at radius 3 is 2.36 bits per heavy atom. The summed E-state index contributed by atoms with van der Waals surface area (Å²) in [5, 5.41) is 39.3. The summed E-state index contributed by atoms with van der Waals surface area (Å²) in [6, 6.07) is 7.97. The van der Waals surface area contributed by atoms with Crippen molar-refractivity contribution in [1.82, 2.24) is 4.90 Å². The van der Waals surface area contributed by atoms with Gasteiger partial charge in [0.05, 0.1) is 6.61 Å². The summed E-state index contributed by atoms with van der Waals surface area (Å²) in [7, 11) is 0. The lowest BCUT2D eigenvalue weighted by molar-refractivity contribution is -0.271. The number of aliphatic hydroxyl groups excluding tert-OH is 4. The maximum atomic E-state index is 11.9. The van der Waals surface area contributed by atoms with Crippen molar-refractivity contribution in [1.29, 1.82) is 0 Å². The highest BCUT2D eigenvalue weighted by Crippen LogP contribution is 2.25. The van der Waals surface area contributed by atoms with Gasteiger partial charge in [-0.2, -0.15) is 0 Å². The number of amides is 1. The summed E-state index contributed by atoms with van der Waals surface area (Å²) >= 11 is 0. The Labute approximate surface area is 128 Å². The standard InChI is InChI=1S/C15H21NO6/c1-9(18)16(7-10-5-3-2-4-6-10)12-14(20)13(19)11(8-17)22-15(12)21/h2-6,11-15,17,19-21H,7-8H2,1H3/t11-,12-,13-,14-,15?/m1/s1. The monoisotopic (exact) mass is 311 g/mol. The highest BCUT2D eigenvalue weighted by atomic mass is 16.6. The van der Waals surface area contributed by atoms with Gasteiger partial charge in [0, 0.05) is 13.5 Å². The van der Waals surface area contributed by atoms with E-state index in [1.54, 1.807) is 0 Å². The molecule has 1 unspecified atom stereocenters. The van der Waals surface area contributed by atoms with Crippen LogP contribution in [0.3, 0.4) is 0 Å². The molecule has 5 atom stereocenters. The quantitative estimate of drug-likeness (QED) is 0.558. The molecule has 1 aromatic rings. The van der Waals surface area contributed by atoms with E-state index in [1.807, 2.05) is 30.3 Å². The molecule has 7 heteroatoms. The lowest BCUT2D eigenvalue weighted by Gasteiger charge is -2.44. The lowest BCUT2D eigenvalue weighted by atomic mass is 9.95. The van der Waals surface area contributed by atoms with Crippen LogP contribution in [0.4, 0.5) is 0 Å². The third-order valence-corrected chi connectivity index (χ3v) is 3.83. The minimum absolute atomic E-state index is 0.162. The Morgan fingerprint density at radius 1 is 1.18 bits per heavy atom. The molecule has 122 valence electrons. The molecule has 0 aromatic heterocycles. The molecule has 1 amide bonds. The molecule has 1 aromatic carbocycles. The van der Waals surface area contributed by atoms with E-state index in [1.165, 1.54) is 11.8 Å². The van der Waals surface area contributed by atoms with Crippen LogP contribution < -0.4 is 0 Å². The minimum Gasteiger partial charge on any atom is -0.394 e. The molecule has 1 saturated heterocycles. The molecular formula is C15H21NO6. The van der Waals surface area contributed by atoms with Crippen LogP contribution in [0.5, 0.6) is 0 Å². The Bertz CT molecular complexity index is 496. The molecule has 0 saturated carbocycles. The highest BCUT2D eigenvalue weighted by molar-refractivity contribution is 5.73. The molecule has 22 heavy (non-hydrogen) atoms. The van der Waals surface area contributed by atoms with Crippen LogP contribution in [0.1, 0.15) is 12.5 Å². The van der Waals surface area contributed by atoms with Crippen LogP contribution in [0.15, 0.2) is 30.3 Å². The van der Waals surface area contributed by atoms with Gasteiger partial charge in [0.15, 0.2) is 6.29 Å². The number of hydrogen-bond acceptors (Lipinski definition) is 6. The van der Waals surface area contributed by atoms with Gasteiger partial charge in [-0.3, -0.25) is 4.79 Å². The van der Waals surface area contributed by atoms with Crippen LogP contribution >= 0.6 is 0 Å². The van der Waals surface area contributed by atoms with Crippen molar-refractivity contribution in [3.63, 3.8) is 0 Å². The van der Waals surface area contributed by atoms with Crippen LogP contribution in [0.2, 0.25) is 0 Å². The van der Waals surface area contributed by atoms with E-state index in [2.05, 4.69) is 0 Å². The fourth-order valence-corrected chi connectivity index (χ4v) is 2.63. The second kappa shape index (κ2) is 7.17. The van der Waals surface area contributed by atoms with E-state index in [0.29, 0.717) is 0 Å². The summed E-state index contributed by atoms with van der Waals surface area (Å²) in [4.78, 5) is 13.2. The first kappa shape index (κ1) is 16.9. The lowest BCUT2D eigenvalue weighted by Crippen LogP contribution is -2.64. The molecule has 2 rings (SSSR count). The number of carbonyl (C=O) groups excluding carboxylic acids is 1. The number of carbonyl (C=O) groups is 1. The second-order valence-electron chi connectivity index (χ2n) is 5.35. The summed E-state index contributed by atoms with van der Waals surface area (Å²) in [6.45, 7) is 0.933. The normalized spacial score (nSPS) is 31.8. The largest absolute Gasteiger partial charge is 0.394 e. The Balaban J connectivity index is 2.22. The number of ether oxygens (including phenoxy) is 1. The average Bonchev–Trinajstić information content (AvgIpc) is 2.50. The van der Waals surface area contributed by atoms with Crippen LogP contribution in [-0.4, -0.2) is 68.5 Å². The maximum absolute atomic E-state index is 11.9. The maximum Gasteiger partial charge on any atom is 0.220 e. The molecule has 1 heterocycles. The third-order valence-electron chi connectivity index (χ3n) is 3.83. The van der Waals surface area contributed by atoms with Crippen molar-refractivity contribution in [2.75, 3.05) is 6.61 Å². The molecule has 1 aliphatic rings. The minimum atomic E-state index is -1.50. The smallest absolute Gasteiger partial charge is 0.220 e. The molecule has 0 radical (unpaired) electrons. The average molecular weight is 311 g/mol. The number of hydrogen-bond donors (Lipinski definition) is 4. The van der Waals surface area contributed by atoms with Crippen molar-refractivity contribution in [2.24, 2.45) is 0 Å². The Morgan fingerprint density at radius 2 is 1.82 bits per heavy atom. The number of nitrogens with zero attached hydrogens (tertiary/aromatic N) is 1. The zero-order valence-electron chi connectivity index (χ0n) is 12.2. The van der Waals surface area contributed by atoms with Crippen LogP contribution in [0.25, 0.3) is 0 Å². The summed E-state index contributed by atoms with van der Waals surface area (Å²) in [5.41, 5.74) is 0.816. The van der Waals surface area contributed by atoms with Gasteiger partial charge in [-0.25, -0.2) is 0 Å². The second-order valence-corrected chi connectivity index (χ2v) is 5.35. The predicted molar refractivity (Wildman–Crippen MR) is 76.4 cm³/mol. The summed E-state index contributed by atoms with van der Waals surface area (Å²) < 4.78 is 5.10. The van der Waals surface area contributed by atoms with Gasteiger partial charge in [0.2, 0.25) is 5.91 Å². The zero-order valence-corrected chi connectivity index (χ0v) is 12.2. The number of benzene rings is 1. The SMILES string of the molecule is CC(=O)N(Cc1ccccc1)[C@H]1C(O)O[C@H](CO)[C@@H](O)[C@@H]1O. The van der Waals surface area contributed by atoms with Crippen molar-refractivity contribution in [2.45, 2.75) is 44.1 Å². The molecule has 4 N–H and O–H groups in total. The van der Waals surface area contributed by atoms with Crippen molar-refractivity contribution in [3.05, 3.63) is 35.9 Å². The van der Waals surface area contributed by atoms with Gasteiger partial charge in [0.25, 0.3) is 0 Å². The van der Waals surface area contributed by atoms with Crippen molar-refractivity contribution in [3.8, 4) is 0 Å². The summed E-state index contributed by atoms with van der Waals surface area (Å²) in [5.74, 6) is -0.370. The summed E-state index contributed by atoms with van der Waals surface area (Å²) in [6.07, 6.45) is -5.40. The van der Waals surface area contributed by atoms with Crippen molar-refractivity contribution >= 4 is 5.91 Å².